The zero-order valence-corrected chi connectivity index (χ0v) is 18.1. The normalized spacial score (nSPS) is 11.8. The first-order valence-corrected chi connectivity index (χ1v) is 11.4. The SMILES string of the molecule is Cc1ccccc1OCCNC(=O)CCCN(c1ccccc1C(F)(F)F)S(C)(=O)=O. The van der Waals surface area contributed by atoms with Crippen LogP contribution in [0.4, 0.5) is 18.9 Å². The number of rotatable bonds is 10. The zero-order valence-electron chi connectivity index (χ0n) is 17.3. The second-order valence-electron chi connectivity index (χ2n) is 6.92. The van der Waals surface area contributed by atoms with Gasteiger partial charge in [0, 0.05) is 13.0 Å². The molecular formula is C21H25F3N2O4S. The van der Waals surface area contributed by atoms with E-state index in [1.54, 1.807) is 0 Å². The van der Waals surface area contributed by atoms with Gasteiger partial charge in [-0.25, -0.2) is 8.42 Å². The van der Waals surface area contributed by atoms with E-state index in [0.29, 0.717) is 10.1 Å². The van der Waals surface area contributed by atoms with Crippen molar-refractivity contribution in [2.24, 2.45) is 0 Å². The number of sulfonamides is 1. The molecular weight excluding hydrogens is 433 g/mol. The highest BCUT2D eigenvalue weighted by Crippen LogP contribution is 2.37. The maximum atomic E-state index is 13.3. The Morgan fingerprint density at radius 2 is 1.74 bits per heavy atom. The van der Waals surface area contributed by atoms with Crippen molar-refractivity contribution in [1.29, 1.82) is 0 Å². The molecule has 1 amide bonds. The van der Waals surface area contributed by atoms with Gasteiger partial charge in [0.2, 0.25) is 15.9 Å². The minimum absolute atomic E-state index is 0.0371. The molecule has 0 saturated carbocycles. The van der Waals surface area contributed by atoms with Crippen LogP contribution in [0.3, 0.4) is 0 Å². The van der Waals surface area contributed by atoms with Crippen LogP contribution in [0.2, 0.25) is 0 Å². The number of carbonyl (C=O) groups is 1. The minimum Gasteiger partial charge on any atom is -0.491 e. The fraction of sp³-hybridized carbons (Fsp3) is 0.381. The summed E-state index contributed by atoms with van der Waals surface area (Å²) < 4.78 is 70.3. The molecule has 6 nitrogen and oxygen atoms in total. The van der Waals surface area contributed by atoms with E-state index in [0.717, 1.165) is 24.0 Å². The average molecular weight is 459 g/mol. The molecule has 31 heavy (non-hydrogen) atoms. The Hall–Kier alpha value is -2.75. The lowest BCUT2D eigenvalue weighted by atomic mass is 10.1. The molecule has 2 aromatic carbocycles. The lowest BCUT2D eigenvalue weighted by Gasteiger charge is -2.25. The molecule has 0 aliphatic rings. The number of ether oxygens (including phenoxy) is 1. The summed E-state index contributed by atoms with van der Waals surface area (Å²) in [5.41, 5.74) is -0.531. The Morgan fingerprint density at radius 1 is 1.10 bits per heavy atom. The van der Waals surface area contributed by atoms with Gasteiger partial charge in [-0.3, -0.25) is 9.10 Å². The van der Waals surface area contributed by atoms with Crippen LogP contribution in [-0.4, -0.2) is 40.3 Å². The number of halogens is 3. The number of aryl methyl sites for hydroxylation is 1. The number of alkyl halides is 3. The van der Waals surface area contributed by atoms with Gasteiger partial charge in [0.05, 0.1) is 24.1 Å². The molecule has 0 unspecified atom stereocenters. The lowest BCUT2D eigenvalue weighted by molar-refractivity contribution is -0.137. The number of carbonyl (C=O) groups excluding carboxylic acids is 1. The molecule has 10 heteroatoms. The van der Waals surface area contributed by atoms with Gasteiger partial charge in [0.25, 0.3) is 0 Å². The van der Waals surface area contributed by atoms with Crippen molar-refractivity contribution >= 4 is 21.6 Å². The molecule has 170 valence electrons. The number of benzene rings is 2. The maximum Gasteiger partial charge on any atom is 0.418 e. The number of nitrogens with one attached hydrogen (secondary N) is 1. The summed E-state index contributed by atoms with van der Waals surface area (Å²) in [4.78, 5) is 12.0. The van der Waals surface area contributed by atoms with Crippen molar-refractivity contribution in [1.82, 2.24) is 5.32 Å². The Balaban J connectivity index is 1.88. The predicted molar refractivity (Wildman–Crippen MR) is 113 cm³/mol. The third-order valence-electron chi connectivity index (χ3n) is 4.42. The molecule has 2 rings (SSSR count). The van der Waals surface area contributed by atoms with Crippen LogP contribution in [-0.2, 0) is 21.0 Å². The molecule has 2 aromatic rings. The standard InChI is InChI=1S/C21H25F3N2O4S/c1-16-8-3-6-11-19(16)30-15-13-25-20(27)12-7-14-26(31(2,28)29)18-10-5-4-9-17(18)21(22,23)24/h3-6,8-11H,7,12-15H2,1-2H3,(H,25,27). The summed E-state index contributed by atoms with van der Waals surface area (Å²) in [5.74, 6) is 0.370. The first kappa shape index (κ1) is 24.5. The van der Waals surface area contributed by atoms with Gasteiger partial charge in [-0.1, -0.05) is 30.3 Å². The third-order valence-corrected chi connectivity index (χ3v) is 5.60. The van der Waals surface area contributed by atoms with Gasteiger partial charge in [-0.05, 0) is 37.1 Å². The first-order valence-electron chi connectivity index (χ1n) is 9.59. The highest BCUT2D eigenvalue weighted by Gasteiger charge is 2.36. The number of hydrogen-bond donors (Lipinski definition) is 1. The topological polar surface area (TPSA) is 75.7 Å². The van der Waals surface area contributed by atoms with Gasteiger partial charge in [-0.2, -0.15) is 13.2 Å². The Kier molecular flexibility index (Phi) is 8.32. The van der Waals surface area contributed by atoms with Crippen molar-refractivity contribution in [3.05, 3.63) is 59.7 Å². The summed E-state index contributed by atoms with van der Waals surface area (Å²) in [5, 5.41) is 2.65. The summed E-state index contributed by atoms with van der Waals surface area (Å²) in [6.07, 6.45) is -3.84. The van der Waals surface area contributed by atoms with Crippen LogP contribution in [0.1, 0.15) is 24.0 Å². The van der Waals surface area contributed by atoms with E-state index in [1.165, 1.54) is 12.1 Å². The van der Waals surface area contributed by atoms with E-state index in [4.69, 9.17) is 4.74 Å². The van der Waals surface area contributed by atoms with E-state index >= 15 is 0 Å². The molecule has 0 aromatic heterocycles. The van der Waals surface area contributed by atoms with Crippen LogP contribution >= 0.6 is 0 Å². The molecule has 0 atom stereocenters. The van der Waals surface area contributed by atoms with E-state index in [-0.39, 0.29) is 38.4 Å². The molecule has 0 fully saturated rings. The van der Waals surface area contributed by atoms with Gasteiger partial charge < -0.3 is 10.1 Å². The van der Waals surface area contributed by atoms with E-state index in [9.17, 15) is 26.4 Å². The number of anilines is 1. The van der Waals surface area contributed by atoms with Crippen molar-refractivity contribution in [3.8, 4) is 5.75 Å². The molecule has 0 heterocycles. The Bertz CT molecular complexity index is 994. The summed E-state index contributed by atoms with van der Waals surface area (Å²) in [6.45, 7) is 2.16. The Labute approximate surface area is 180 Å². The van der Waals surface area contributed by atoms with E-state index in [1.807, 2.05) is 31.2 Å². The van der Waals surface area contributed by atoms with Crippen molar-refractivity contribution in [2.75, 3.05) is 30.3 Å². The van der Waals surface area contributed by atoms with Crippen molar-refractivity contribution in [2.45, 2.75) is 25.9 Å². The molecule has 0 bridgehead atoms. The molecule has 0 saturated heterocycles. The van der Waals surface area contributed by atoms with Gasteiger partial charge >= 0.3 is 6.18 Å². The van der Waals surface area contributed by atoms with Gasteiger partial charge in [0.1, 0.15) is 12.4 Å². The molecule has 0 spiro atoms. The number of hydrogen-bond acceptors (Lipinski definition) is 4. The van der Waals surface area contributed by atoms with Gasteiger partial charge in [0.15, 0.2) is 0 Å². The van der Waals surface area contributed by atoms with Crippen LogP contribution in [0, 0.1) is 6.92 Å². The first-order chi connectivity index (χ1) is 14.5. The van der Waals surface area contributed by atoms with Crippen LogP contribution in [0.15, 0.2) is 48.5 Å². The second kappa shape index (κ2) is 10.5. The number of amides is 1. The van der Waals surface area contributed by atoms with Crippen molar-refractivity contribution < 1.29 is 31.1 Å². The second-order valence-corrected chi connectivity index (χ2v) is 8.82. The van der Waals surface area contributed by atoms with Crippen molar-refractivity contribution in [3.63, 3.8) is 0 Å². The fourth-order valence-electron chi connectivity index (χ4n) is 2.94. The van der Waals surface area contributed by atoms with E-state index in [2.05, 4.69) is 5.32 Å². The summed E-state index contributed by atoms with van der Waals surface area (Å²) >= 11 is 0. The number of para-hydroxylation sites is 2. The predicted octanol–water partition coefficient (Wildman–Crippen LogP) is 3.76. The fourth-order valence-corrected chi connectivity index (χ4v) is 3.91. The quantitative estimate of drug-likeness (QED) is 0.550. The van der Waals surface area contributed by atoms with Crippen LogP contribution < -0.4 is 14.4 Å². The smallest absolute Gasteiger partial charge is 0.418 e. The minimum atomic E-state index is -4.70. The maximum absolute atomic E-state index is 13.3. The zero-order chi connectivity index (χ0) is 23.1. The number of nitrogens with zero attached hydrogens (tertiary/aromatic N) is 1. The molecule has 1 N–H and O–H groups in total. The highest BCUT2D eigenvalue weighted by molar-refractivity contribution is 7.92. The highest BCUT2D eigenvalue weighted by atomic mass is 32.2. The van der Waals surface area contributed by atoms with E-state index < -0.39 is 27.5 Å². The average Bonchev–Trinajstić information content (AvgIpc) is 2.68. The summed E-state index contributed by atoms with van der Waals surface area (Å²) in [6, 6.07) is 11.9. The van der Waals surface area contributed by atoms with Crippen LogP contribution in [0.5, 0.6) is 5.75 Å². The molecule has 0 aliphatic carbocycles. The van der Waals surface area contributed by atoms with Gasteiger partial charge in [-0.15, -0.1) is 0 Å². The third kappa shape index (κ3) is 7.46. The monoisotopic (exact) mass is 458 g/mol. The largest absolute Gasteiger partial charge is 0.491 e. The van der Waals surface area contributed by atoms with Crippen LogP contribution in [0.25, 0.3) is 0 Å². The summed E-state index contributed by atoms with van der Waals surface area (Å²) in [7, 11) is -3.97. The molecule has 0 radical (unpaired) electrons. The molecule has 0 aliphatic heterocycles. The lowest BCUT2D eigenvalue weighted by Crippen LogP contribution is -2.34. The Morgan fingerprint density at radius 3 is 2.39 bits per heavy atom.